The number of halogens is 1. The second-order valence-corrected chi connectivity index (χ2v) is 6.69. The Balaban J connectivity index is 1.72. The van der Waals surface area contributed by atoms with Crippen molar-refractivity contribution in [3.8, 4) is 5.69 Å². The first kappa shape index (κ1) is 15.8. The van der Waals surface area contributed by atoms with Gasteiger partial charge in [0.15, 0.2) is 5.69 Å². The van der Waals surface area contributed by atoms with Crippen molar-refractivity contribution in [1.29, 1.82) is 0 Å². The van der Waals surface area contributed by atoms with Gasteiger partial charge < -0.3 is 10.4 Å². The molecule has 2 aliphatic rings. The average molecular weight is 343 g/mol. The maximum absolute atomic E-state index is 14.2. The lowest BCUT2D eigenvalue weighted by Crippen LogP contribution is -2.59. The number of carboxylic acids is 1. The molecular formula is C18H18FN3O3. The van der Waals surface area contributed by atoms with Crippen LogP contribution in [0, 0.1) is 5.82 Å². The van der Waals surface area contributed by atoms with Crippen molar-refractivity contribution in [1.82, 2.24) is 15.1 Å². The molecule has 0 radical (unpaired) electrons. The van der Waals surface area contributed by atoms with Gasteiger partial charge in [0.05, 0.1) is 0 Å². The van der Waals surface area contributed by atoms with Crippen LogP contribution in [-0.2, 0) is 17.6 Å². The molecule has 0 aliphatic heterocycles. The molecule has 1 heterocycles. The lowest BCUT2D eigenvalue weighted by atomic mass is 9.76. The number of fused-ring (bicyclic) bond motifs is 1. The van der Waals surface area contributed by atoms with Crippen LogP contribution in [0.4, 0.5) is 4.39 Å². The minimum absolute atomic E-state index is 0.211. The van der Waals surface area contributed by atoms with E-state index in [-0.39, 0.29) is 5.69 Å². The maximum Gasteiger partial charge on any atom is 0.329 e. The molecule has 1 fully saturated rings. The normalized spacial score (nSPS) is 17.6. The van der Waals surface area contributed by atoms with E-state index in [1.807, 2.05) is 0 Å². The zero-order valence-electron chi connectivity index (χ0n) is 13.6. The summed E-state index contributed by atoms with van der Waals surface area (Å²) in [7, 11) is 0. The van der Waals surface area contributed by atoms with E-state index in [0.717, 1.165) is 24.1 Å². The Bertz CT molecular complexity index is 870. The van der Waals surface area contributed by atoms with Crippen molar-refractivity contribution >= 4 is 11.9 Å². The van der Waals surface area contributed by atoms with Gasteiger partial charge in [-0.2, -0.15) is 5.10 Å². The number of aliphatic carboxylic acids is 1. The van der Waals surface area contributed by atoms with Crippen LogP contribution in [-0.4, -0.2) is 32.3 Å². The molecule has 1 aromatic heterocycles. The van der Waals surface area contributed by atoms with Crippen LogP contribution in [0.5, 0.6) is 0 Å². The van der Waals surface area contributed by atoms with E-state index in [4.69, 9.17) is 0 Å². The fourth-order valence-corrected chi connectivity index (χ4v) is 3.64. The first-order valence-electron chi connectivity index (χ1n) is 8.43. The van der Waals surface area contributed by atoms with Crippen molar-refractivity contribution in [2.45, 2.75) is 44.1 Å². The Labute approximate surface area is 143 Å². The van der Waals surface area contributed by atoms with Gasteiger partial charge >= 0.3 is 5.97 Å². The average Bonchev–Trinajstić information content (AvgIpc) is 3.13. The molecule has 25 heavy (non-hydrogen) atoms. The number of rotatable bonds is 4. The molecule has 0 unspecified atom stereocenters. The summed E-state index contributed by atoms with van der Waals surface area (Å²) in [6.07, 6.45) is 3.88. The van der Waals surface area contributed by atoms with Crippen LogP contribution in [0.15, 0.2) is 24.3 Å². The maximum atomic E-state index is 14.2. The van der Waals surface area contributed by atoms with Crippen molar-refractivity contribution < 1.29 is 19.1 Å². The fourth-order valence-electron chi connectivity index (χ4n) is 3.64. The van der Waals surface area contributed by atoms with Crippen LogP contribution in [0.3, 0.4) is 0 Å². The quantitative estimate of drug-likeness (QED) is 0.892. The third-order valence-corrected chi connectivity index (χ3v) is 5.20. The third-order valence-electron chi connectivity index (χ3n) is 5.20. The first-order valence-corrected chi connectivity index (χ1v) is 8.43. The van der Waals surface area contributed by atoms with Crippen molar-refractivity contribution in [3.63, 3.8) is 0 Å². The number of hydrogen-bond acceptors (Lipinski definition) is 3. The number of carbonyl (C=O) groups excluding carboxylic acids is 1. The molecule has 0 bridgehead atoms. The molecule has 6 nitrogen and oxygen atoms in total. The van der Waals surface area contributed by atoms with Gasteiger partial charge in [-0.3, -0.25) is 4.79 Å². The molecule has 0 saturated heterocycles. The second kappa shape index (κ2) is 5.68. The van der Waals surface area contributed by atoms with Crippen molar-refractivity contribution in [2.24, 2.45) is 0 Å². The molecule has 4 rings (SSSR count). The number of nitrogens with one attached hydrogen (secondary N) is 1. The predicted molar refractivity (Wildman–Crippen MR) is 87.2 cm³/mol. The summed E-state index contributed by atoms with van der Waals surface area (Å²) in [6, 6.07) is 6.29. The monoisotopic (exact) mass is 343 g/mol. The lowest BCUT2D eigenvalue weighted by Gasteiger charge is -2.38. The van der Waals surface area contributed by atoms with Crippen molar-refractivity contribution in [2.75, 3.05) is 0 Å². The molecule has 2 N–H and O–H groups in total. The lowest BCUT2D eigenvalue weighted by molar-refractivity contribution is -0.148. The van der Waals surface area contributed by atoms with E-state index < -0.39 is 23.2 Å². The Morgan fingerprint density at radius 2 is 1.96 bits per heavy atom. The molecule has 2 aliphatic carbocycles. The summed E-state index contributed by atoms with van der Waals surface area (Å²) in [5.74, 6) is -1.92. The molecule has 1 saturated carbocycles. The van der Waals surface area contributed by atoms with Gasteiger partial charge in [0.2, 0.25) is 0 Å². The zero-order chi connectivity index (χ0) is 17.6. The summed E-state index contributed by atoms with van der Waals surface area (Å²) < 4.78 is 15.6. The van der Waals surface area contributed by atoms with E-state index in [9.17, 15) is 19.1 Å². The van der Waals surface area contributed by atoms with E-state index in [2.05, 4.69) is 10.4 Å². The zero-order valence-corrected chi connectivity index (χ0v) is 13.6. The summed E-state index contributed by atoms with van der Waals surface area (Å²) >= 11 is 0. The highest BCUT2D eigenvalue weighted by Gasteiger charge is 2.46. The molecule has 1 amide bonds. The number of amides is 1. The van der Waals surface area contributed by atoms with Gasteiger partial charge in [-0.05, 0) is 50.7 Å². The fraction of sp³-hybridized carbons (Fsp3) is 0.389. The molecular weight excluding hydrogens is 325 g/mol. The van der Waals surface area contributed by atoms with E-state index in [0.29, 0.717) is 31.4 Å². The van der Waals surface area contributed by atoms with Gasteiger partial charge in [0, 0.05) is 11.3 Å². The van der Waals surface area contributed by atoms with E-state index >= 15 is 0 Å². The van der Waals surface area contributed by atoms with Gasteiger partial charge in [-0.25, -0.2) is 13.9 Å². The number of para-hydroxylation sites is 1. The second-order valence-electron chi connectivity index (χ2n) is 6.69. The van der Waals surface area contributed by atoms with Crippen LogP contribution in [0.2, 0.25) is 0 Å². The Kier molecular flexibility index (Phi) is 3.59. The van der Waals surface area contributed by atoms with Crippen LogP contribution >= 0.6 is 0 Å². The number of carbonyl (C=O) groups is 2. The molecule has 0 atom stereocenters. The number of nitrogens with zero attached hydrogens (tertiary/aromatic N) is 2. The largest absolute Gasteiger partial charge is 0.480 e. The van der Waals surface area contributed by atoms with Gasteiger partial charge in [-0.1, -0.05) is 12.1 Å². The van der Waals surface area contributed by atoms with Crippen LogP contribution in [0.25, 0.3) is 5.69 Å². The number of aromatic nitrogens is 2. The molecule has 1 aromatic carbocycles. The smallest absolute Gasteiger partial charge is 0.329 e. The van der Waals surface area contributed by atoms with Gasteiger partial charge in [0.25, 0.3) is 5.91 Å². The molecule has 0 spiro atoms. The first-order chi connectivity index (χ1) is 12.0. The summed E-state index contributed by atoms with van der Waals surface area (Å²) in [5, 5.41) is 16.4. The molecule has 7 heteroatoms. The van der Waals surface area contributed by atoms with E-state index in [1.165, 1.54) is 10.7 Å². The molecule has 2 aromatic rings. The topological polar surface area (TPSA) is 84.2 Å². The number of carboxylic acid groups (broad SMARTS) is 1. The highest BCUT2D eigenvalue weighted by molar-refractivity contribution is 5.98. The summed E-state index contributed by atoms with van der Waals surface area (Å²) in [5.41, 5.74) is 0.943. The Morgan fingerprint density at radius 3 is 2.60 bits per heavy atom. The minimum Gasteiger partial charge on any atom is -0.480 e. The molecule has 130 valence electrons. The SMILES string of the molecule is O=C(NC1(C(=O)O)CCC1)c1nn(-c2ccccc2F)c2c1CCC2. The van der Waals surface area contributed by atoms with Crippen molar-refractivity contribution in [3.05, 3.63) is 47.0 Å². The highest BCUT2D eigenvalue weighted by Crippen LogP contribution is 2.34. The Morgan fingerprint density at radius 1 is 1.20 bits per heavy atom. The van der Waals surface area contributed by atoms with E-state index in [1.54, 1.807) is 18.2 Å². The predicted octanol–water partition coefficient (Wildman–Crippen LogP) is 2.24. The van der Waals surface area contributed by atoms with Gasteiger partial charge in [-0.15, -0.1) is 0 Å². The number of benzene rings is 1. The standard InChI is InChI=1S/C18H18FN3O3/c19-12-6-1-2-7-14(12)22-13-8-3-5-11(13)15(21-22)16(23)20-18(17(24)25)9-4-10-18/h1-2,6-7H,3-5,8-10H2,(H,20,23)(H,24,25). The summed E-state index contributed by atoms with van der Waals surface area (Å²) in [6.45, 7) is 0. The minimum atomic E-state index is -1.19. The third kappa shape index (κ3) is 2.42. The highest BCUT2D eigenvalue weighted by atomic mass is 19.1. The van der Waals surface area contributed by atoms with Crippen LogP contribution < -0.4 is 5.32 Å². The number of hydrogen-bond donors (Lipinski definition) is 2. The van der Waals surface area contributed by atoms with Crippen LogP contribution in [0.1, 0.15) is 47.4 Å². The Hall–Kier alpha value is -2.70. The summed E-state index contributed by atoms with van der Waals surface area (Å²) in [4.78, 5) is 24.2. The van der Waals surface area contributed by atoms with Gasteiger partial charge in [0.1, 0.15) is 17.0 Å².